The minimum Gasteiger partial charge on any atom is -0.481 e. The van der Waals surface area contributed by atoms with Crippen LogP contribution >= 0.6 is 0 Å². The number of aliphatic hydroxyl groups is 1. The predicted octanol–water partition coefficient (Wildman–Crippen LogP) is 0.410. The molecule has 0 aromatic carbocycles. The second-order valence-corrected chi connectivity index (χ2v) is 3.92. The van der Waals surface area contributed by atoms with Gasteiger partial charge < -0.3 is 14.9 Å². The number of aliphatic hydroxyl groups excluding tert-OH is 1. The van der Waals surface area contributed by atoms with Crippen LogP contribution in [0.2, 0.25) is 0 Å². The number of carboxylic acid groups (broad SMARTS) is 1. The van der Waals surface area contributed by atoms with Crippen LogP contribution in [0.3, 0.4) is 0 Å². The molecule has 5 heteroatoms. The van der Waals surface area contributed by atoms with Gasteiger partial charge in [0, 0.05) is 0 Å². The number of aliphatic carboxylic acids is 1. The van der Waals surface area contributed by atoms with E-state index in [0.717, 1.165) is 0 Å². The molecule has 82 valence electrons. The third kappa shape index (κ3) is 2.99. The summed E-state index contributed by atoms with van der Waals surface area (Å²) in [5, 5.41) is 18.1. The Morgan fingerprint density at radius 1 is 1.29 bits per heavy atom. The SMILES string of the molecule is CC(C)OC(=O)C(O)C(C)(C)C(=O)O. The fourth-order valence-corrected chi connectivity index (χ4v) is 0.708. The van der Waals surface area contributed by atoms with Gasteiger partial charge in [-0.2, -0.15) is 0 Å². The zero-order chi connectivity index (χ0) is 11.5. The van der Waals surface area contributed by atoms with Crippen LogP contribution in [-0.4, -0.2) is 34.4 Å². The van der Waals surface area contributed by atoms with Crippen molar-refractivity contribution in [2.24, 2.45) is 5.41 Å². The number of ether oxygens (including phenoxy) is 1. The summed E-state index contributed by atoms with van der Waals surface area (Å²) in [6.45, 7) is 5.78. The van der Waals surface area contributed by atoms with Gasteiger partial charge in [-0.3, -0.25) is 4.79 Å². The van der Waals surface area contributed by atoms with Crippen molar-refractivity contribution in [3.63, 3.8) is 0 Å². The van der Waals surface area contributed by atoms with Gasteiger partial charge in [0.05, 0.1) is 11.5 Å². The second-order valence-electron chi connectivity index (χ2n) is 3.92. The standard InChI is InChI=1S/C9H16O5/c1-5(2)14-7(11)6(10)9(3,4)8(12)13/h5-6,10H,1-4H3,(H,12,13). The molecule has 0 aliphatic heterocycles. The van der Waals surface area contributed by atoms with E-state index in [1.54, 1.807) is 13.8 Å². The molecular formula is C9H16O5. The minimum atomic E-state index is -1.65. The van der Waals surface area contributed by atoms with Crippen LogP contribution in [0, 0.1) is 5.41 Å². The Balaban J connectivity index is 4.53. The summed E-state index contributed by atoms with van der Waals surface area (Å²) in [6.07, 6.45) is -2.02. The predicted molar refractivity (Wildman–Crippen MR) is 48.7 cm³/mol. The van der Waals surface area contributed by atoms with E-state index in [1.807, 2.05) is 0 Å². The maximum Gasteiger partial charge on any atom is 0.336 e. The maximum absolute atomic E-state index is 11.2. The molecule has 2 N–H and O–H groups in total. The molecule has 0 fully saturated rings. The van der Waals surface area contributed by atoms with Gasteiger partial charge in [-0.05, 0) is 27.7 Å². The summed E-state index contributed by atoms with van der Waals surface area (Å²) >= 11 is 0. The Labute approximate surface area is 82.7 Å². The van der Waals surface area contributed by atoms with Crippen LogP contribution in [0.1, 0.15) is 27.7 Å². The number of esters is 1. The lowest BCUT2D eigenvalue weighted by Crippen LogP contribution is -2.43. The van der Waals surface area contributed by atoms with E-state index in [9.17, 15) is 14.7 Å². The molecule has 0 aromatic rings. The van der Waals surface area contributed by atoms with Crippen molar-refractivity contribution in [3.05, 3.63) is 0 Å². The molecule has 0 saturated carbocycles. The fourth-order valence-electron chi connectivity index (χ4n) is 0.708. The summed E-state index contributed by atoms with van der Waals surface area (Å²) in [6, 6.07) is 0. The van der Waals surface area contributed by atoms with Crippen molar-refractivity contribution >= 4 is 11.9 Å². The zero-order valence-electron chi connectivity index (χ0n) is 8.77. The van der Waals surface area contributed by atoms with Gasteiger partial charge in [-0.15, -0.1) is 0 Å². The van der Waals surface area contributed by atoms with Gasteiger partial charge in [0.1, 0.15) is 0 Å². The van der Waals surface area contributed by atoms with E-state index in [-0.39, 0.29) is 6.10 Å². The van der Waals surface area contributed by atoms with E-state index in [2.05, 4.69) is 0 Å². The average molecular weight is 204 g/mol. The molecule has 0 saturated heterocycles. The highest BCUT2D eigenvalue weighted by molar-refractivity contribution is 5.85. The van der Waals surface area contributed by atoms with Gasteiger partial charge >= 0.3 is 11.9 Å². The van der Waals surface area contributed by atoms with E-state index in [4.69, 9.17) is 9.84 Å². The Hall–Kier alpha value is -1.10. The van der Waals surface area contributed by atoms with Crippen LogP contribution in [-0.2, 0) is 14.3 Å². The van der Waals surface area contributed by atoms with Gasteiger partial charge in [-0.25, -0.2) is 4.79 Å². The molecular weight excluding hydrogens is 188 g/mol. The van der Waals surface area contributed by atoms with Gasteiger partial charge in [-0.1, -0.05) is 0 Å². The summed E-state index contributed by atoms with van der Waals surface area (Å²) in [4.78, 5) is 21.9. The zero-order valence-corrected chi connectivity index (χ0v) is 8.77. The lowest BCUT2D eigenvalue weighted by atomic mass is 9.87. The molecule has 0 radical (unpaired) electrons. The van der Waals surface area contributed by atoms with Crippen molar-refractivity contribution in [2.75, 3.05) is 0 Å². The molecule has 5 nitrogen and oxygen atoms in total. The quantitative estimate of drug-likeness (QED) is 0.648. The largest absolute Gasteiger partial charge is 0.481 e. The first-order valence-corrected chi connectivity index (χ1v) is 4.31. The van der Waals surface area contributed by atoms with Crippen LogP contribution < -0.4 is 0 Å². The number of hydrogen-bond acceptors (Lipinski definition) is 4. The van der Waals surface area contributed by atoms with Crippen LogP contribution in [0.15, 0.2) is 0 Å². The number of rotatable bonds is 4. The third-order valence-electron chi connectivity index (χ3n) is 1.81. The highest BCUT2D eigenvalue weighted by atomic mass is 16.6. The van der Waals surface area contributed by atoms with Crippen molar-refractivity contribution in [1.29, 1.82) is 0 Å². The van der Waals surface area contributed by atoms with Gasteiger partial charge in [0.2, 0.25) is 0 Å². The highest BCUT2D eigenvalue weighted by Crippen LogP contribution is 2.22. The molecule has 0 spiro atoms. The molecule has 0 rings (SSSR count). The van der Waals surface area contributed by atoms with Crippen LogP contribution in [0.25, 0.3) is 0 Å². The fraction of sp³-hybridized carbons (Fsp3) is 0.778. The van der Waals surface area contributed by atoms with E-state index in [0.29, 0.717) is 0 Å². The molecule has 1 unspecified atom stereocenters. The average Bonchev–Trinajstić information content (AvgIpc) is 2.01. The lowest BCUT2D eigenvalue weighted by Gasteiger charge is -2.24. The van der Waals surface area contributed by atoms with E-state index in [1.165, 1.54) is 13.8 Å². The van der Waals surface area contributed by atoms with Gasteiger partial charge in [0.25, 0.3) is 0 Å². The Morgan fingerprint density at radius 2 is 1.71 bits per heavy atom. The van der Waals surface area contributed by atoms with E-state index < -0.39 is 23.5 Å². The molecule has 0 aromatic heterocycles. The smallest absolute Gasteiger partial charge is 0.336 e. The second kappa shape index (κ2) is 4.41. The molecule has 1 atom stereocenters. The molecule has 0 aliphatic rings. The van der Waals surface area contributed by atoms with Crippen molar-refractivity contribution < 1.29 is 24.5 Å². The number of hydrogen-bond donors (Lipinski definition) is 2. The molecule has 0 amide bonds. The lowest BCUT2D eigenvalue weighted by molar-refractivity contribution is -0.173. The highest BCUT2D eigenvalue weighted by Gasteiger charge is 2.41. The Bertz CT molecular complexity index is 231. The van der Waals surface area contributed by atoms with Crippen molar-refractivity contribution in [2.45, 2.75) is 39.9 Å². The molecule has 0 heterocycles. The van der Waals surface area contributed by atoms with Crippen LogP contribution in [0.5, 0.6) is 0 Å². The summed E-state index contributed by atoms with van der Waals surface area (Å²) in [7, 11) is 0. The van der Waals surface area contributed by atoms with Crippen LogP contribution in [0.4, 0.5) is 0 Å². The normalized spacial score (nSPS) is 13.9. The topological polar surface area (TPSA) is 83.8 Å². The number of carbonyl (C=O) groups is 2. The Kier molecular flexibility index (Phi) is 4.07. The summed E-state index contributed by atoms with van der Waals surface area (Å²) < 4.78 is 4.70. The number of carbonyl (C=O) groups excluding carboxylic acids is 1. The molecule has 0 aliphatic carbocycles. The third-order valence-corrected chi connectivity index (χ3v) is 1.81. The monoisotopic (exact) mass is 204 g/mol. The first-order valence-electron chi connectivity index (χ1n) is 4.31. The Morgan fingerprint density at radius 3 is 2.00 bits per heavy atom. The van der Waals surface area contributed by atoms with Gasteiger partial charge in [0.15, 0.2) is 6.10 Å². The van der Waals surface area contributed by atoms with Crippen molar-refractivity contribution in [1.82, 2.24) is 0 Å². The molecule has 14 heavy (non-hydrogen) atoms. The summed E-state index contributed by atoms with van der Waals surface area (Å²) in [5.41, 5.74) is -1.54. The minimum absolute atomic E-state index is 0.373. The van der Waals surface area contributed by atoms with Crippen molar-refractivity contribution in [3.8, 4) is 0 Å². The first-order chi connectivity index (χ1) is 6.19. The number of carboxylic acids is 1. The van der Waals surface area contributed by atoms with E-state index >= 15 is 0 Å². The molecule has 0 bridgehead atoms. The summed E-state index contributed by atoms with van der Waals surface area (Å²) in [5.74, 6) is -2.15. The first kappa shape index (κ1) is 12.9. The maximum atomic E-state index is 11.2.